The molecule has 0 radical (unpaired) electrons. The maximum atomic E-state index is 13.1. The minimum atomic E-state index is -3.63. The molecule has 126 valence electrons. The fraction of sp³-hybridized carbons (Fsp3) is 0.533. The van der Waals surface area contributed by atoms with Crippen LogP contribution < -0.4 is 10.1 Å². The Balaban J connectivity index is 0.00000192. The summed E-state index contributed by atoms with van der Waals surface area (Å²) in [6.45, 7) is 1.53. The molecule has 1 atom stereocenters. The van der Waals surface area contributed by atoms with E-state index in [-0.39, 0.29) is 35.1 Å². The quantitative estimate of drug-likeness (QED) is 0.863. The van der Waals surface area contributed by atoms with Gasteiger partial charge in [0.2, 0.25) is 10.0 Å². The van der Waals surface area contributed by atoms with Gasteiger partial charge in [-0.2, -0.15) is 9.57 Å². The molecule has 1 heterocycles. The third kappa shape index (κ3) is 3.45. The summed E-state index contributed by atoms with van der Waals surface area (Å²) >= 11 is 0. The number of sulfonamides is 1. The van der Waals surface area contributed by atoms with E-state index in [1.165, 1.54) is 25.3 Å². The van der Waals surface area contributed by atoms with E-state index < -0.39 is 10.0 Å². The average molecular weight is 358 g/mol. The van der Waals surface area contributed by atoms with Crippen LogP contribution in [0.15, 0.2) is 23.1 Å². The highest BCUT2D eigenvalue weighted by Crippen LogP contribution is 2.38. The summed E-state index contributed by atoms with van der Waals surface area (Å²) in [4.78, 5) is 0.146. The summed E-state index contributed by atoms with van der Waals surface area (Å²) in [6, 6.07) is 6.57. The SMILES string of the molecule is COc1cc(C#N)ccc1S(=O)(=O)N(C1CC1)C1CCNC1.Cl. The Labute approximate surface area is 142 Å². The number of halogens is 1. The van der Waals surface area contributed by atoms with Crippen molar-refractivity contribution in [2.45, 2.75) is 36.2 Å². The first-order valence-electron chi connectivity index (χ1n) is 7.40. The van der Waals surface area contributed by atoms with Gasteiger partial charge in [-0.05, 0) is 44.0 Å². The molecule has 0 aromatic heterocycles. The van der Waals surface area contributed by atoms with Crippen LogP contribution in [0.1, 0.15) is 24.8 Å². The van der Waals surface area contributed by atoms with E-state index in [0.717, 1.165) is 25.8 Å². The lowest BCUT2D eigenvalue weighted by molar-refractivity contribution is 0.324. The van der Waals surface area contributed by atoms with Gasteiger partial charge in [0.15, 0.2) is 0 Å². The van der Waals surface area contributed by atoms with Crippen LogP contribution >= 0.6 is 12.4 Å². The summed E-state index contributed by atoms with van der Waals surface area (Å²) in [6.07, 6.45) is 2.65. The molecule has 3 rings (SSSR count). The van der Waals surface area contributed by atoms with Crippen LogP contribution in [0.4, 0.5) is 0 Å². The van der Waals surface area contributed by atoms with E-state index in [4.69, 9.17) is 10.00 Å². The Hall–Kier alpha value is -1.33. The number of ether oxygens (including phenoxy) is 1. The Morgan fingerprint density at radius 1 is 1.30 bits per heavy atom. The molecule has 23 heavy (non-hydrogen) atoms. The number of benzene rings is 1. The molecule has 1 unspecified atom stereocenters. The molecule has 2 fully saturated rings. The summed E-state index contributed by atoms with van der Waals surface area (Å²) < 4.78 is 33.1. The molecule has 1 aliphatic carbocycles. The van der Waals surface area contributed by atoms with Gasteiger partial charge in [-0.1, -0.05) is 0 Å². The number of hydrogen-bond acceptors (Lipinski definition) is 5. The van der Waals surface area contributed by atoms with Crippen molar-refractivity contribution in [2.24, 2.45) is 0 Å². The first-order valence-corrected chi connectivity index (χ1v) is 8.84. The lowest BCUT2D eigenvalue weighted by Gasteiger charge is -2.28. The fourth-order valence-electron chi connectivity index (χ4n) is 2.94. The van der Waals surface area contributed by atoms with Gasteiger partial charge < -0.3 is 10.1 Å². The average Bonchev–Trinajstić information content (AvgIpc) is 3.20. The van der Waals surface area contributed by atoms with Crippen LogP contribution in [-0.4, -0.2) is 45.0 Å². The highest BCUT2D eigenvalue weighted by molar-refractivity contribution is 7.89. The van der Waals surface area contributed by atoms with Gasteiger partial charge in [-0.15, -0.1) is 12.4 Å². The molecule has 1 aromatic rings. The molecule has 6 nitrogen and oxygen atoms in total. The second-order valence-electron chi connectivity index (χ2n) is 5.69. The van der Waals surface area contributed by atoms with Gasteiger partial charge in [0, 0.05) is 18.6 Å². The number of nitrogens with zero attached hydrogens (tertiary/aromatic N) is 2. The molecule has 1 saturated heterocycles. The fourth-order valence-corrected chi connectivity index (χ4v) is 4.98. The van der Waals surface area contributed by atoms with Gasteiger partial charge in [0.25, 0.3) is 0 Å². The van der Waals surface area contributed by atoms with E-state index >= 15 is 0 Å². The van der Waals surface area contributed by atoms with Crippen LogP contribution in [-0.2, 0) is 10.0 Å². The van der Waals surface area contributed by atoms with Crippen molar-refractivity contribution in [1.29, 1.82) is 5.26 Å². The van der Waals surface area contributed by atoms with Crippen molar-refractivity contribution in [1.82, 2.24) is 9.62 Å². The van der Waals surface area contributed by atoms with Crippen molar-refractivity contribution in [3.05, 3.63) is 23.8 Å². The normalized spacial score (nSPS) is 20.8. The third-order valence-electron chi connectivity index (χ3n) is 4.15. The molecular formula is C15H20ClN3O3S. The first-order chi connectivity index (χ1) is 10.6. The summed E-state index contributed by atoms with van der Waals surface area (Å²) in [7, 11) is -2.21. The highest BCUT2D eigenvalue weighted by atomic mass is 35.5. The molecule has 8 heteroatoms. The number of nitrogens with one attached hydrogen (secondary N) is 1. The molecule has 0 spiro atoms. The third-order valence-corrected chi connectivity index (χ3v) is 6.19. The molecule has 1 aromatic carbocycles. The highest BCUT2D eigenvalue weighted by Gasteiger charge is 2.44. The van der Waals surface area contributed by atoms with Gasteiger partial charge in [0.1, 0.15) is 10.6 Å². The smallest absolute Gasteiger partial charge is 0.247 e. The lowest BCUT2D eigenvalue weighted by Crippen LogP contribution is -2.43. The van der Waals surface area contributed by atoms with E-state index in [1.807, 2.05) is 6.07 Å². The van der Waals surface area contributed by atoms with Gasteiger partial charge in [-0.25, -0.2) is 8.42 Å². The predicted octanol–water partition coefficient (Wildman–Crippen LogP) is 1.50. The standard InChI is InChI=1S/C15H19N3O3S.ClH/c1-21-14-8-11(9-16)2-5-15(14)22(19,20)18(12-3-4-12)13-6-7-17-10-13;/h2,5,8,12-13,17H,3-4,6-7,10H2,1H3;1H. The Kier molecular flexibility index (Phi) is 5.53. The molecular weight excluding hydrogens is 338 g/mol. The Morgan fingerprint density at radius 3 is 2.57 bits per heavy atom. The van der Waals surface area contributed by atoms with E-state index in [1.54, 1.807) is 4.31 Å². The van der Waals surface area contributed by atoms with Crippen molar-refractivity contribution < 1.29 is 13.2 Å². The van der Waals surface area contributed by atoms with Gasteiger partial charge in [-0.3, -0.25) is 0 Å². The van der Waals surface area contributed by atoms with E-state index in [2.05, 4.69) is 5.32 Å². The maximum Gasteiger partial charge on any atom is 0.247 e. The zero-order valence-electron chi connectivity index (χ0n) is 12.9. The number of rotatable bonds is 5. The van der Waals surface area contributed by atoms with E-state index in [0.29, 0.717) is 12.1 Å². The minimum absolute atomic E-state index is 0. The summed E-state index contributed by atoms with van der Waals surface area (Å²) in [5, 5.41) is 12.2. The largest absolute Gasteiger partial charge is 0.495 e. The molecule has 0 amide bonds. The molecule has 1 N–H and O–H groups in total. The Bertz CT molecular complexity index is 707. The lowest BCUT2D eigenvalue weighted by atomic mass is 10.2. The van der Waals surface area contributed by atoms with Gasteiger partial charge in [0.05, 0.1) is 18.7 Å². The summed E-state index contributed by atoms with van der Waals surface area (Å²) in [5.74, 6) is 0.232. The van der Waals surface area contributed by atoms with Crippen molar-refractivity contribution in [2.75, 3.05) is 20.2 Å². The van der Waals surface area contributed by atoms with E-state index in [9.17, 15) is 8.42 Å². The van der Waals surface area contributed by atoms with Crippen LogP contribution in [0.5, 0.6) is 5.75 Å². The molecule has 1 saturated carbocycles. The van der Waals surface area contributed by atoms with Crippen LogP contribution in [0, 0.1) is 11.3 Å². The predicted molar refractivity (Wildman–Crippen MR) is 88.3 cm³/mol. The minimum Gasteiger partial charge on any atom is -0.495 e. The van der Waals surface area contributed by atoms with Gasteiger partial charge >= 0.3 is 0 Å². The molecule has 1 aliphatic heterocycles. The topological polar surface area (TPSA) is 82.4 Å². The Morgan fingerprint density at radius 2 is 2.04 bits per heavy atom. The number of methoxy groups -OCH3 is 1. The molecule has 2 aliphatic rings. The maximum absolute atomic E-state index is 13.1. The summed E-state index contributed by atoms with van der Waals surface area (Å²) in [5.41, 5.74) is 0.385. The first kappa shape index (κ1) is 18.0. The second kappa shape index (κ2) is 7.05. The molecule has 0 bridgehead atoms. The number of nitriles is 1. The van der Waals surface area contributed by atoms with Crippen molar-refractivity contribution >= 4 is 22.4 Å². The second-order valence-corrected chi connectivity index (χ2v) is 7.50. The zero-order chi connectivity index (χ0) is 15.7. The zero-order valence-corrected chi connectivity index (χ0v) is 14.5. The van der Waals surface area contributed by atoms with Crippen LogP contribution in [0.25, 0.3) is 0 Å². The van der Waals surface area contributed by atoms with Crippen molar-refractivity contribution in [3.8, 4) is 11.8 Å². The van der Waals surface area contributed by atoms with Crippen LogP contribution in [0.2, 0.25) is 0 Å². The van der Waals surface area contributed by atoms with Crippen LogP contribution in [0.3, 0.4) is 0 Å². The monoisotopic (exact) mass is 357 g/mol. The number of hydrogen-bond donors (Lipinski definition) is 1. The van der Waals surface area contributed by atoms with Crippen molar-refractivity contribution in [3.63, 3.8) is 0 Å².